The Hall–Kier alpha value is -2.18. The van der Waals surface area contributed by atoms with Crippen molar-refractivity contribution in [3.63, 3.8) is 0 Å². The molecule has 1 aromatic rings. The maximum atomic E-state index is 13.3. The minimum absolute atomic E-state index is 0.00510. The maximum Gasteiger partial charge on any atom is 0.327 e. The van der Waals surface area contributed by atoms with E-state index in [4.69, 9.17) is 0 Å². The number of halogens is 1. The van der Waals surface area contributed by atoms with Gasteiger partial charge in [-0.1, -0.05) is 6.07 Å². The first-order chi connectivity index (χ1) is 9.01. The average Bonchev–Trinajstić information content (AvgIpc) is 2.37. The summed E-state index contributed by atoms with van der Waals surface area (Å²) < 4.78 is 13.3. The van der Waals surface area contributed by atoms with E-state index < -0.39 is 16.4 Å². The number of amides is 1. The number of nitro groups is 1. The molecule has 0 aliphatic carbocycles. The summed E-state index contributed by atoms with van der Waals surface area (Å²) in [4.78, 5) is 23.3. The molecule has 7 heteroatoms. The number of nitro benzene ring substituents is 1. The lowest BCUT2D eigenvalue weighted by atomic mass is 10.2. The predicted octanol–water partition coefficient (Wildman–Crippen LogP) is 2.01. The van der Waals surface area contributed by atoms with Crippen molar-refractivity contribution in [2.75, 3.05) is 25.0 Å². The summed E-state index contributed by atoms with van der Waals surface area (Å²) in [5, 5.41) is 13.4. The van der Waals surface area contributed by atoms with Gasteiger partial charge in [0.15, 0.2) is 0 Å². The van der Waals surface area contributed by atoms with Crippen molar-refractivity contribution in [3.8, 4) is 0 Å². The van der Waals surface area contributed by atoms with Crippen molar-refractivity contribution in [2.24, 2.45) is 0 Å². The molecule has 0 bridgehead atoms. The largest absolute Gasteiger partial charge is 0.370 e. The Morgan fingerprint density at radius 1 is 1.42 bits per heavy atom. The zero-order valence-corrected chi connectivity index (χ0v) is 10.9. The fourth-order valence-corrected chi connectivity index (χ4v) is 1.70. The number of carbonyl (C=O) groups excluding carboxylic acids is 1. The Kier molecular flexibility index (Phi) is 5.23. The molecule has 19 heavy (non-hydrogen) atoms. The highest BCUT2D eigenvalue weighted by atomic mass is 19.1. The van der Waals surface area contributed by atoms with Gasteiger partial charge in [0.1, 0.15) is 5.69 Å². The lowest BCUT2D eigenvalue weighted by molar-refractivity contribution is -0.386. The molecule has 0 radical (unpaired) electrons. The molecule has 0 atom stereocenters. The van der Waals surface area contributed by atoms with Gasteiger partial charge >= 0.3 is 5.69 Å². The fraction of sp³-hybridized carbons (Fsp3) is 0.417. The molecule has 0 saturated heterocycles. The molecule has 0 aliphatic heterocycles. The van der Waals surface area contributed by atoms with Gasteiger partial charge in [0.05, 0.1) is 11.5 Å². The van der Waals surface area contributed by atoms with Crippen molar-refractivity contribution in [1.29, 1.82) is 0 Å². The van der Waals surface area contributed by atoms with Crippen LogP contribution in [0.25, 0.3) is 0 Å². The van der Waals surface area contributed by atoms with Crippen LogP contribution in [0.2, 0.25) is 0 Å². The molecule has 6 nitrogen and oxygen atoms in total. The standard InChI is InChI=1S/C12H16FN3O3/c1-3-15(4-2)11(17)8-14-10-7-5-6-9(13)12(10)16(18)19/h5-7,14H,3-4,8H2,1-2H3. The van der Waals surface area contributed by atoms with E-state index in [0.717, 1.165) is 6.07 Å². The molecule has 0 fully saturated rings. The van der Waals surface area contributed by atoms with Gasteiger partial charge in [-0.25, -0.2) is 0 Å². The Balaban J connectivity index is 2.81. The number of benzene rings is 1. The third-order valence-electron chi connectivity index (χ3n) is 2.72. The highest BCUT2D eigenvalue weighted by Gasteiger charge is 2.20. The van der Waals surface area contributed by atoms with Crippen LogP contribution < -0.4 is 5.32 Å². The van der Waals surface area contributed by atoms with Crippen LogP contribution in [-0.4, -0.2) is 35.4 Å². The van der Waals surface area contributed by atoms with Crippen LogP contribution in [0.3, 0.4) is 0 Å². The number of nitrogens with one attached hydrogen (secondary N) is 1. The SMILES string of the molecule is CCN(CC)C(=O)CNc1cccc(F)c1[N+](=O)[O-]. The Morgan fingerprint density at radius 3 is 2.58 bits per heavy atom. The van der Waals surface area contributed by atoms with Crippen LogP contribution in [0.4, 0.5) is 15.8 Å². The number of carbonyl (C=O) groups is 1. The summed E-state index contributed by atoms with van der Waals surface area (Å²) in [5.74, 6) is -1.12. The van der Waals surface area contributed by atoms with E-state index in [1.54, 1.807) is 4.90 Å². The lowest BCUT2D eigenvalue weighted by Crippen LogP contribution is -2.35. The van der Waals surface area contributed by atoms with Crippen molar-refractivity contribution in [1.82, 2.24) is 4.90 Å². The number of nitrogens with zero attached hydrogens (tertiary/aromatic N) is 2. The second-order valence-electron chi connectivity index (χ2n) is 3.81. The van der Waals surface area contributed by atoms with Gasteiger partial charge in [0.25, 0.3) is 0 Å². The number of para-hydroxylation sites is 1. The molecule has 0 aliphatic rings. The first-order valence-electron chi connectivity index (χ1n) is 5.95. The molecule has 1 rings (SSSR count). The molecule has 0 spiro atoms. The molecule has 1 N–H and O–H groups in total. The van der Waals surface area contributed by atoms with Crippen LogP contribution in [0.1, 0.15) is 13.8 Å². The van der Waals surface area contributed by atoms with E-state index in [2.05, 4.69) is 5.32 Å². The zero-order chi connectivity index (χ0) is 14.4. The fourth-order valence-electron chi connectivity index (χ4n) is 1.70. The van der Waals surface area contributed by atoms with E-state index >= 15 is 0 Å². The van der Waals surface area contributed by atoms with Gasteiger partial charge in [0.2, 0.25) is 11.7 Å². The number of hydrogen-bond donors (Lipinski definition) is 1. The van der Waals surface area contributed by atoms with Gasteiger partial charge in [-0.15, -0.1) is 0 Å². The van der Waals surface area contributed by atoms with Crippen molar-refractivity contribution in [3.05, 3.63) is 34.1 Å². The zero-order valence-electron chi connectivity index (χ0n) is 10.9. The Bertz CT molecular complexity index is 475. The third kappa shape index (κ3) is 3.64. The number of hydrogen-bond acceptors (Lipinski definition) is 4. The van der Waals surface area contributed by atoms with Crippen LogP contribution in [0, 0.1) is 15.9 Å². The lowest BCUT2D eigenvalue weighted by Gasteiger charge is -2.19. The molecular weight excluding hydrogens is 253 g/mol. The molecule has 0 aromatic heterocycles. The Labute approximate surface area is 110 Å². The van der Waals surface area contributed by atoms with E-state index in [0.29, 0.717) is 13.1 Å². The molecule has 0 unspecified atom stereocenters. The summed E-state index contributed by atoms with van der Waals surface area (Å²) in [7, 11) is 0. The summed E-state index contributed by atoms with van der Waals surface area (Å²) in [5.41, 5.74) is -0.639. The summed E-state index contributed by atoms with van der Waals surface area (Å²) in [6.45, 7) is 4.69. The number of likely N-dealkylation sites (N-methyl/N-ethyl adjacent to an activating group) is 1. The van der Waals surface area contributed by atoms with Crippen molar-refractivity contribution in [2.45, 2.75) is 13.8 Å². The molecule has 0 saturated carbocycles. The summed E-state index contributed by atoms with van der Waals surface area (Å²) >= 11 is 0. The van der Waals surface area contributed by atoms with Crippen LogP contribution >= 0.6 is 0 Å². The monoisotopic (exact) mass is 269 g/mol. The van der Waals surface area contributed by atoms with Gasteiger partial charge in [-0.05, 0) is 26.0 Å². The topological polar surface area (TPSA) is 75.5 Å². The van der Waals surface area contributed by atoms with Crippen molar-refractivity contribution < 1.29 is 14.1 Å². The van der Waals surface area contributed by atoms with Crippen LogP contribution in [-0.2, 0) is 4.79 Å². The third-order valence-corrected chi connectivity index (χ3v) is 2.72. The highest BCUT2D eigenvalue weighted by Crippen LogP contribution is 2.26. The maximum absolute atomic E-state index is 13.3. The molecule has 1 amide bonds. The first-order valence-corrected chi connectivity index (χ1v) is 5.95. The molecule has 0 heterocycles. The van der Waals surface area contributed by atoms with Gasteiger partial charge in [0, 0.05) is 13.1 Å². The van der Waals surface area contributed by atoms with Crippen molar-refractivity contribution >= 4 is 17.3 Å². The van der Waals surface area contributed by atoms with E-state index in [1.807, 2.05) is 13.8 Å². The summed E-state index contributed by atoms with van der Waals surface area (Å²) in [6.07, 6.45) is 0. The minimum Gasteiger partial charge on any atom is -0.370 e. The molecular formula is C12H16FN3O3. The predicted molar refractivity (Wildman–Crippen MR) is 69.5 cm³/mol. The normalized spacial score (nSPS) is 10.1. The second kappa shape index (κ2) is 6.67. The van der Waals surface area contributed by atoms with E-state index in [9.17, 15) is 19.3 Å². The Morgan fingerprint density at radius 2 is 2.05 bits per heavy atom. The highest BCUT2D eigenvalue weighted by molar-refractivity contribution is 5.81. The average molecular weight is 269 g/mol. The van der Waals surface area contributed by atoms with E-state index in [-0.39, 0.29) is 18.1 Å². The number of anilines is 1. The first kappa shape index (κ1) is 14.9. The van der Waals surface area contributed by atoms with E-state index in [1.165, 1.54) is 12.1 Å². The molecule has 1 aromatic carbocycles. The van der Waals surface area contributed by atoms with Gasteiger partial charge in [-0.3, -0.25) is 14.9 Å². The van der Waals surface area contributed by atoms with Crippen LogP contribution in [0.15, 0.2) is 18.2 Å². The van der Waals surface area contributed by atoms with Crippen LogP contribution in [0.5, 0.6) is 0 Å². The summed E-state index contributed by atoms with van der Waals surface area (Å²) in [6, 6.07) is 3.73. The smallest absolute Gasteiger partial charge is 0.327 e. The minimum atomic E-state index is -0.926. The second-order valence-corrected chi connectivity index (χ2v) is 3.81. The quantitative estimate of drug-likeness (QED) is 0.633. The molecule has 104 valence electrons. The number of rotatable bonds is 6. The van der Waals surface area contributed by atoms with Gasteiger partial charge in [-0.2, -0.15) is 4.39 Å². The van der Waals surface area contributed by atoms with Gasteiger partial charge < -0.3 is 10.2 Å².